The first kappa shape index (κ1) is 8.55. The highest BCUT2D eigenvalue weighted by molar-refractivity contribution is 5.26. The average molecular weight is 172 g/mol. The van der Waals surface area contributed by atoms with Gasteiger partial charge < -0.3 is 0 Å². The summed E-state index contributed by atoms with van der Waals surface area (Å²) >= 11 is 0. The Morgan fingerprint density at radius 1 is 1.15 bits per heavy atom. The first-order valence-electron chi connectivity index (χ1n) is 5.08. The topological polar surface area (TPSA) is 0 Å². The van der Waals surface area contributed by atoms with E-state index in [0.29, 0.717) is 5.92 Å². The van der Waals surface area contributed by atoms with Crippen LogP contribution in [0.5, 0.6) is 0 Å². The van der Waals surface area contributed by atoms with Crippen molar-refractivity contribution in [3.05, 3.63) is 47.5 Å². The molecular weight excluding hydrogens is 156 g/mol. The second-order valence-electron chi connectivity index (χ2n) is 3.92. The van der Waals surface area contributed by atoms with Crippen LogP contribution in [0.2, 0.25) is 0 Å². The fourth-order valence-electron chi connectivity index (χ4n) is 2.07. The van der Waals surface area contributed by atoms with Crippen LogP contribution in [0.3, 0.4) is 0 Å². The molecule has 1 aromatic rings. The molecule has 0 heterocycles. The molecule has 1 unspecified atom stereocenters. The highest BCUT2D eigenvalue weighted by Gasteiger charge is 2.12. The van der Waals surface area contributed by atoms with Crippen molar-refractivity contribution in [1.29, 1.82) is 0 Å². The van der Waals surface area contributed by atoms with Gasteiger partial charge in [0.1, 0.15) is 0 Å². The summed E-state index contributed by atoms with van der Waals surface area (Å²) in [4.78, 5) is 0. The van der Waals surface area contributed by atoms with Crippen LogP contribution in [-0.4, -0.2) is 0 Å². The van der Waals surface area contributed by atoms with E-state index < -0.39 is 0 Å². The number of benzene rings is 1. The summed E-state index contributed by atoms with van der Waals surface area (Å²) in [5.41, 5.74) is 3.03. The van der Waals surface area contributed by atoms with Crippen LogP contribution >= 0.6 is 0 Å². The van der Waals surface area contributed by atoms with E-state index >= 15 is 0 Å². The van der Waals surface area contributed by atoms with Crippen LogP contribution in [0.4, 0.5) is 0 Å². The van der Waals surface area contributed by atoms with Crippen molar-refractivity contribution in [3.8, 4) is 0 Å². The van der Waals surface area contributed by atoms with E-state index in [4.69, 9.17) is 0 Å². The smallest absolute Gasteiger partial charge is 0.00206 e. The number of hydrogen-bond donors (Lipinski definition) is 0. The summed E-state index contributed by atoms with van der Waals surface area (Å²) in [5, 5.41) is 0. The lowest BCUT2D eigenvalue weighted by molar-refractivity contribution is 0.633. The van der Waals surface area contributed by atoms with Crippen LogP contribution in [0.15, 0.2) is 42.0 Å². The number of rotatable bonds is 1. The minimum absolute atomic E-state index is 0.676. The Labute approximate surface area is 80.3 Å². The standard InChI is InChI=1S/C13H16/c1-11-6-5-9-13(10-11)12-7-3-2-4-8-12/h2-4,7-8,10,13H,5-6,9H2,1H3. The van der Waals surface area contributed by atoms with Crippen LogP contribution in [0.25, 0.3) is 0 Å². The zero-order valence-electron chi connectivity index (χ0n) is 8.16. The van der Waals surface area contributed by atoms with Gasteiger partial charge in [-0.25, -0.2) is 0 Å². The molecule has 1 aliphatic rings. The van der Waals surface area contributed by atoms with Gasteiger partial charge in [-0.1, -0.05) is 42.0 Å². The molecular formula is C13H16. The van der Waals surface area contributed by atoms with Gasteiger partial charge in [-0.3, -0.25) is 0 Å². The Kier molecular flexibility index (Phi) is 2.49. The van der Waals surface area contributed by atoms with Crippen LogP contribution < -0.4 is 0 Å². The zero-order chi connectivity index (χ0) is 9.10. The fourth-order valence-corrected chi connectivity index (χ4v) is 2.07. The highest BCUT2D eigenvalue weighted by Crippen LogP contribution is 2.30. The summed E-state index contributed by atoms with van der Waals surface area (Å²) < 4.78 is 0. The molecule has 0 saturated heterocycles. The van der Waals surface area contributed by atoms with Crippen molar-refractivity contribution in [2.45, 2.75) is 32.1 Å². The molecule has 0 aliphatic heterocycles. The minimum atomic E-state index is 0.676. The van der Waals surface area contributed by atoms with Gasteiger partial charge in [0.15, 0.2) is 0 Å². The monoisotopic (exact) mass is 172 g/mol. The average Bonchev–Trinajstić information content (AvgIpc) is 2.19. The molecule has 0 saturated carbocycles. The Balaban J connectivity index is 2.22. The molecule has 0 heteroatoms. The third kappa shape index (κ3) is 2.00. The molecule has 0 bridgehead atoms. The third-order valence-corrected chi connectivity index (χ3v) is 2.80. The predicted molar refractivity (Wildman–Crippen MR) is 56.8 cm³/mol. The molecule has 1 aliphatic carbocycles. The summed E-state index contributed by atoms with van der Waals surface area (Å²) in [6, 6.07) is 10.8. The molecule has 0 nitrogen and oxygen atoms in total. The highest BCUT2D eigenvalue weighted by atomic mass is 14.2. The van der Waals surface area contributed by atoms with Crippen molar-refractivity contribution < 1.29 is 0 Å². The molecule has 0 radical (unpaired) electrons. The van der Waals surface area contributed by atoms with Gasteiger partial charge in [0.2, 0.25) is 0 Å². The lowest BCUT2D eigenvalue weighted by atomic mass is 9.86. The van der Waals surface area contributed by atoms with Gasteiger partial charge in [0.05, 0.1) is 0 Å². The molecule has 2 rings (SSSR count). The Bertz CT molecular complexity index is 295. The largest absolute Gasteiger partial charge is 0.0781 e. The minimum Gasteiger partial charge on any atom is -0.0781 e. The summed E-state index contributed by atoms with van der Waals surface area (Å²) in [7, 11) is 0. The van der Waals surface area contributed by atoms with Crippen LogP contribution in [0, 0.1) is 0 Å². The summed E-state index contributed by atoms with van der Waals surface area (Å²) in [6.07, 6.45) is 6.39. The Hall–Kier alpha value is -1.04. The summed E-state index contributed by atoms with van der Waals surface area (Å²) in [6.45, 7) is 2.25. The van der Waals surface area contributed by atoms with E-state index in [2.05, 4.69) is 43.3 Å². The predicted octanol–water partition coefficient (Wildman–Crippen LogP) is 3.90. The van der Waals surface area contributed by atoms with Crippen LogP contribution in [-0.2, 0) is 0 Å². The van der Waals surface area contributed by atoms with Crippen molar-refractivity contribution in [2.24, 2.45) is 0 Å². The second kappa shape index (κ2) is 3.78. The molecule has 0 fully saturated rings. The Morgan fingerprint density at radius 3 is 2.62 bits per heavy atom. The molecule has 13 heavy (non-hydrogen) atoms. The first-order valence-corrected chi connectivity index (χ1v) is 5.08. The maximum absolute atomic E-state index is 2.43. The molecule has 1 aromatic carbocycles. The van der Waals surface area contributed by atoms with E-state index in [1.807, 2.05) is 0 Å². The van der Waals surface area contributed by atoms with Gasteiger partial charge in [-0.2, -0.15) is 0 Å². The molecule has 1 atom stereocenters. The van der Waals surface area contributed by atoms with E-state index in [9.17, 15) is 0 Å². The quantitative estimate of drug-likeness (QED) is 0.563. The van der Waals surface area contributed by atoms with Crippen molar-refractivity contribution in [3.63, 3.8) is 0 Å². The number of hydrogen-bond acceptors (Lipinski definition) is 0. The van der Waals surface area contributed by atoms with Gasteiger partial charge in [0, 0.05) is 5.92 Å². The summed E-state index contributed by atoms with van der Waals surface area (Å²) in [5.74, 6) is 0.676. The number of allylic oxidation sites excluding steroid dienone is 2. The maximum atomic E-state index is 2.43. The molecule has 0 spiro atoms. The lowest BCUT2D eigenvalue weighted by Gasteiger charge is -2.19. The Morgan fingerprint density at radius 2 is 1.92 bits per heavy atom. The van der Waals surface area contributed by atoms with E-state index in [-0.39, 0.29) is 0 Å². The third-order valence-electron chi connectivity index (χ3n) is 2.80. The molecule has 0 aromatic heterocycles. The van der Waals surface area contributed by atoms with Gasteiger partial charge in [-0.05, 0) is 31.7 Å². The van der Waals surface area contributed by atoms with E-state index in [1.54, 1.807) is 5.57 Å². The van der Waals surface area contributed by atoms with E-state index in [1.165, 1.54) is 24.8 Å². The zero-order valence-corrected chi connectivity index (χ0v) is 8.16. The van der Waals surface area contributed by atoms with Gasteiger partial charge in [-0.15, -0.1) is 0 Å². The van der Waals surface area contributed by atoms with E-state index in [0.717, 1.165) is 0 Å². The fraction of sp³-hybridized carbons (Fsp3) is 0.385. The van der Waals surface area contributed by atoms with Crippen molar-refractivity contribution in [2.75, 3.05) is 0 Å². The normalized spacial score (nSPS) is 22.5. The lowest BCUT2D eigenvalue weighted by Crippen LogP contribution is -2.01. The van der Waals surface area contributed by atoms with Gasteiger partial charge in [0.25, 0.3) is 0 Å². The van der Waals surface area contributed by atoms with Gasteiger partial charge >= 0.3 is 0 Å². The molecule has 0 N–H and O–H groups in total. The maximum Gasteiger partial charge on any atom is 0.00206 e. The first-order chi connectivity index (χ1) is 6.36. The molecule has 0 amide bonds. The van der Waals surface area contributed by atoms with Crippen molar-refractivity contribution in [1.82, 2.24) is 0 Å². The SMILES string of the molecule is CC1=CC(c2ccccc2)CCC1. The van der Waals surface area contributed by atoms with Crippen LogP contribution in [0.1, 0.15) is 37.7 Å². The molecule has 68 valence electrons. The van der Waals surface area contributed by atoms with Crippen molar-refractivity contribution >= 4 is 0 Å². The second-order valence-corrected chi connectivity index (χ2v) is 3.92.